The predicted molar refractivity (Wildman–Crippen MR) is 71.2 cm³/mol. The fourth-order valence-electron chi connectivity index (χ4n) is 2.76. The van der Waals surface area contributed by atoms with Crippen molar-refractivity contribution < 1.29 is 13.4 Å². The molecule has 0 aromatic heterocycles. The van der Waals surface area contributed by atoms with E-state index in [1.54, 1.807) is 6.92 Å². The van der Waals surface area contributed by atoms with Crippen LogP contribution in [0.2, 0.25) is 0 Å². The Kier molecular flexibility index (Phi) is 4.05. The Hall–Kier alpha value is -0.790. The van der Waals surface area contributed by atoms with Gasteiger partial charge in [-0.25, -0.2) is 0 Å². The SMILES string of the molecule is CC1=CN(F)C(F)(C(C)(C)C)N(F)C1N1CCNCC1. The summed E-state index contributed by atoms with van der Waals surface area (Å²) in [5.41, 5.74) is -0.783. The van der Waals surface area contributed by atoms with Crippen LogP contribution in [0.15, 0.2) is 11.8 Å². The van der Waals surface area contributed by atoms with Gasteiger partial charge in [-0.05, 0) is 12.5 Å². The molecule has 2 aliphatic rings. The Morgan fingerprint density at radius 1 is 1.25 bits per heavy atom. The zero-order chi connectivity index (χ0) is 15.1. The number of rotatable bonds is 1. The van der Waals surface area contributed by atoms with Gasteiger partial charge in [-0.3, -0.25) is 4.90 Å². The van der Waals surface area contributed by atoms with Gasteiger partial charge in [0.05, 0.1) is 0 Å². The molecule has 0 aromatic carbocycles. The first-order chi connectivity index (χ1) is 9.19. The maximum absolute atomic E-state index is 15.1. The summed E-state index contributed by atoms with van der Waals surface area (Å²) in [5, 5.41) is 3.03. The van der Waals surface area contributed by atoms with Gasteiger partial charge in [-0.1, -0.05) is 30.4 Å². The maximum atomic E-state index is 15.1. The van der Waals surface area contributed by atoms with Crippen molar-refractivity contribution in [3.8, 4) is 0 Å². The highest BCUT2D eigenvalue weighted by molar-refractivity contribution is 5.13. The minimum Gasteiger partial charge on any atom is -0.314 e. The van der Waals surface area contributed by atoms with Gasteiger partial charge in [-0.2, -0.15) is 9.51 Å². The summed E-state index contributed by atoms with van der Waals surface area (Å²) < 4.78 is 43.9. The highest BCUT2D eigenvalue weighted by Gasteiger charge is 2.59. The van der Waals surface area contributed by atoms with E-state index in [2.05, 4.69) is 5.32 Å². The minimum atomic E-state index is -2.82. The van der Waals surface area contributed by atoms with Crippen LogP contribution in [0.5, 0.6) is 0 Å². The molecule has 2 atom stereocenters. The van der Waals surface area contributed by atoms with E-state index >= 15 is 4.39 Å². The topological polar surface area (TPSA) is 21.8 Å². The molecule has 4 nitrogen and oxygen atoms in total. The molecule has 0 aromatic rings. The van der Waals surface area contributed by atoms with Crippen LogP contribution in [0, 0.1) is 5.41 Å². The third-order valence-electron chi connectivity index (χ3n) is 3.96. The first-order valence-corrected chi connectivity index (χ1v) is 6.92. The smallest absolute Gasteiger partial charge is 0.297 e. The molecule has 1 fully saturated rings. The number of halogens is 3. The molecule has 20 heavy (non-hydrogen) atoms. The number of nitrogens with one attached hydrogen (secondary N) is 1. The zero-order valence-corrected chi connectivity index (χ0v) is 12.5. The van der Waals surface area contributed by atoms with Crippen molar-refractivity contribution in [2.75, 3.05) is 26.2 Å². The van der Waals surface area contributed by atoms with Gasteiger partial charge >= 0.3 is 0 Å². The Balaban J connectivity index is 2.36. The van der Waals surface area contributed by atoms with Crippen molar-refractivity contribution in [2.24, 2.45) is 5.41 Å². The van der Waals surface area contributed by atoms with E-state index in [1.165, 1.54) is 20.8 Å². The van der Waals surface area contributed by atoms with Crippen molar-refractivity contribution in [1.29, 1.82) is 0 Å². The standard InChI is InChI=1S/C13H23F3N4/c1-10-9-19(15)13(14,12(2,3)4)20(16)11(10)18-7-5-17-6-8-18/h9,11,17H,5-8H2,1-4H3. The molecule has 1 saturated heterocycles. The van der Waals surface area contributed by atoms with Gasteiger partial charge in [0, 0.05) is 37.8 Å². The molecular formula is C13H23F3N4. The average Bonchev–Trinajstić information content (AvgIpc) is 2.36. The van der Waals surface area contributed by atoms with Gasteiger partial charge in [0.15, 0.2) is 0 Å². The molecule has 0 amide bonds. The third-order valence-corrected chi connectivity index (χ3v) is 3.96. The van der Waals surface area contributed by atoms with Gasteiger partial charge in [-0.15, -0.1) is 4.48 Å². The Morgan fingerprint density at radius 2 is 1.80 bits per heavy atom. The second-order valence-electron chi connectivity index (χ2n) is 6.49. The largest absolute Gasteiger partial charge is 0.314 e. The molecule has 2 heterocycles. The number of piperazine rings is 1. The first-order valence-electron chi connectivity index (χ1n) is 6.92. The molecule has 0 bridgehead atoms. The number of alkyl halides is 1. The second-order valence-corrected chi connectivity index (χ2v) is 6.49. The summed E-state index contributed by atoms with van der Waals surface area (Å²) in [6, 6.07) is 0. The molecule has 0 spiro atoms. The van der Waals surface area contributed by atoms with Gasteiger partial charge in [0.25, 0.3) is 5.92 Å². The van der Waals surface area contributed by atoms with E-state index in [1.807, 2.05) is 4.90 Å². The van der Waals surface area contributed by atoms with Crippen LogP contribution in [-0.2, 0) is 0 Å². The monoisotopic (exact) mass is 292 g/mol. The molecular weight excluding hydrogens is 269 g/mol. The lowest BCUT2D eigenvalue weighted by Crippen LogP contribution is -2.67. The summed E-state index contributed by atoms with van der Waals surface area (Å²) in [6.07, 6.45) is 0.196. The lowest BCUT2D eigenvalue weighted by Gasteiger charge is -2.51. The molecule has 0 aliphatic carbocycles. The first kappa shape index (κ1) is 15.6. The second kappa shape index (κ2) is 5.20. The van der Waals surface area contributed by atoms with Crippen LogP contribution >= 0.6 is 0 Å². The predicted octanol–water partition coefficient (Wildman–Crippen LogP) is 2.18. The Morgan fingerprint density at radius 3 is 2.30 bits per heavy atom. The van der Waals surface area contributed by atoms with E-state index < -0.39 is 17.5 Å². The van der Waals surface area contributed by atoms with Crippen LogP contribution in [0.25, 0.3) is 0 Å². The van der Waals surface area contributed by atoms with Crippen LogP contribution in [-0.4, -0.2) is 53.4 Å². The summed E-state index contributed by atoms with van der Waals surface area (Å²) >= 11 is 0. The summed E-state index contributed by atoms with van der Waals surface area (Å²) in [4.78, 5) is 1.83. The molecule has 1 N–H and O–H groups in total. The molecule has 116 valence electrons. The van der Waals surface area contributed by atoms with Crippen molar-refractivity contribution in [3.05, 3.63) is 11.8 Å². The summed E-state index contributed by atoms with van der Waals surface area (Å²) in [7, 11) is 0. The molecule has 2 aliphatic heterocycles. The van der Waals surface area contributed by atoms with Gasteiger partial charge in [0.1, 0.15) is 6.17 Å². The van der Waals surface area contributed by atoms with Crippen LogP contribution in [0.4, 0.5) is 13.4 Å². The van der Waals surface area contributed by atoms with Crippen molar-refractivity contribution >= 4 is 0 Å². The maximum Gasteiger partial charge on any atom is 0.297 e. The van der Waals surface area contributed by atoms with E-state index in [4.69, 9.17) is 0 Å². The minimum absolute atomic E-state index is 0.0215. The van der Waals surface area contributed by atoms with Crippen molar-refractivity contribution in [1.82, 2.24) is 20.5 Å². The third kappa shape index (κ3) is 2.31. The van der Waals surface area contributed by atoms with Crippen molar-refractivity contribution in [3.63, 3.8) is 0 Å². The van der Waals surface area contributed by atoms with Crippen LogP contribution < -0.4 is 5.32 Å². The number of hydrogen-bond acceptors (Lipinski definition) is 4. The van der Waals surface area contributed by atoms with E-state index in [0.29, 0.717) is 31.8 Å². The lowest BCUT2D eigenvalue weighted by atomic mass is 9.88. The molecule has 7 heteroatoms. The highest BCUT2D eigenvalue weighted by atomic mass is 19.2. The van der Waals surface area contributed by atoms with Crippen LogP contribution in [0.1, 0.15) is 27.7 Å². The average molecular weight is 292 g/mol. The number of hydrogen-bond donors (Lipinski definition) is 1. The van der Waals surface area contributed by atoms with E-state index in [-0.39, 0.29) is 10.2 Å². The summed E-state index contributed by atoms with van der Waals surface area (Å²) in [5.74, 6) is -2.82. The Labute approximate surface area is 118 Å². The van der Waals surface area contributed by atoms with Gasteiger partial charge in [0.2, 0.25) is 0 Å². The zero-order valence-electron chi connectivity index (χ0n) is 12.5. The molecule has 2 rings (SSSR count). The number of nitrogens with zero attached hydrogens (tertiary/aromatic N) is 3. The fourth-order valence-corrected chi connectivity index (χ4v) is 2.76. The molecule has 0 radical (unpaired) electrons. The Bertz CT molecular complexity index is 390. The van der Waals surface area contributed by atoms with E-state index in [0.717, 1.165) is 6.20 Å². The van der Waals surface area contributed by atoms with E-state index in [9.17, 15) is 8.96 Å². The molecule has 2 unspecified atom stereocenters. The summed E-state index contributed by atoms with van der Waals surface area (Å²) in [6.45, 7) is 8.69. The normalized spacial score (nSPS) is 34.2. The van der Waals surface area contributed by atoms with Crippen LogP contribution in [0.3, 0.4) is 0 Å². The quantitative estimate of drug-likeness (QED) is 0.590. The lowest BCUT2D eigenvalue weighted by molar-refractivity contribution is -0.351. The van der Waals surface area contributed by atoms with Gasteiger partial charge < -0.3 is 5.32 Å². The fraction of sp³-hybridized carbons (Fsp3) is 0.846. The molecule has 0 saturated carbocycles. The highest BCUT2D eigenvalue weighted by Crippen LogP contribution is 2.46. The van der Waals surface area contributed by atoms with Crippen molar-refractivity contribution in [2.45, 2.75) is 39.8 Å².